The predicted octanol–water partition coefficient (Wildman–Crippen LogP) is 2.20. The van der Waals surface area contributed by atoms with Gasteiger partial charge >= 0.3 is 0 Å². The van der Waals surface area contributed by atoms with Crippen LogP contribution in [0.1, 0.15) is 36.9 Å². The monoisotopic (exact) mass is 189 g/mol. The van der Waals surface area contributed by atoms with Crippen LogP contribution in [0.25, 0.3) is 0 Å². The SMILES string of the molecule is CC(=O)N[C@@H]1CCCc2ccccc21. The first-order valence-electron chi connectivity index (χ1n) is 5.12. The molecule has 1 aliphatic carbocycles. The minimum Gasteiger partial charge on any atom is -0.350 e. The zero-order valence-corrected chi connectivity index (χ0v) is 8.42. The van der Waals surface area contributed by atoms with Gasteiger partial charge in [-0.05, 0) is 30.4 Å². The smallest absolute Gasteiger partial charge is 0.217 e. The van der Waals surface area contributed by atoms with Gasteiger partial charge in [0, 0.05) is 6.92 Å². The first-order chi connectivity index (χ1) is 6.77. The van der Waals surface area contributed by atoms with E-state index in [2.05, 4.69) is 23.5 Å². The molecule has 1 aromatic carbocycles. The lowest BCUT2D eigenvalue weighted by Crippen LogP contribution is -2.28. The van der Waals surface area contributed by atoms with Crippen LogP contribution in [0.2, 0.25) is 0 Å². The minimum atomic E-state index is 0.0618. The molecule has 0 unspecified atom stereocenters. The Hall–Kier alpha value is -1.31. The highest BCUT2D eigenvalue weighted by atomic mass is 16.1. The second-order valence-electron chi connectivity index (χ2n) is 3.84. The summed E-state index contributed by atoms with van der Waals surface area (Å²) in [5.41, 5.74) is 2.69. The van der Waals surface area contributed by atoms with E-state index in [1.165, 1.54) is 17.5 Å². The van der Waals surface area contributed by atoms with E-state index in [0.29, 0.717) is 0 Å². The van der Waals surface area contributed by atoms with Gasteiger partial charge in [0.05, 0.1) is 6.04 Å². The Morgan fingerprint density at radius 1 is 1.43 bits per heavy atom. The lowest BCUT2D eigenvalue weighted by atomic mass is 9.88. The van der Waals surface area contributed by atoms with Crippen molar-refractivity contribution in [2.75, 3.05) is 0 Å². The molecule has 0 aromatic heterocycles. The van der Waals surface area contributed by atoms with Crippen molar-refractivity contribution in [2.24, 2.45) is 0 Å². The third-order valence-corrected chi connectivity index (χ3v) is 2.75. The zero-order chi connectivity index (χ0) is 9.97. The van der Waals surface area contributed by atoms with E-state index >= 15 is 0 Å². The summed E-state index contributed by atoms with van der Waals surface area (Å²) in [6.07, 6.45) is 3.38. The Labute approximate surface area is 84.3 Å². The van der Waals surface area contributed by atoms with Gasteiger partial charge < -0.3 is 5.32 Å². The van der Waals surface area contributed by atoms with Crippen molar-refractivity contribution >= 4 is 5.91 Å². The molecule has 1 N–H and O–H groups in total. The maximum Gasteiger partial charge on any atom is 0.217 e. The average Bonchev–Trinajstić information content (AvgIpc) is 2.18. The van der Waals surface area contributed by atoms with E-state index in [-0.39, 0.29) is 11.9 Å². The molecule has 1 atom stereocenters. The zero-order valence-electron chi connectivity index (χ0n) is 8.42. The fourth-order valence-electron chi connectivity index (χ4n) is 2.15. The summed E-state index contributed by atoms with van der Waals surface area (Å²) in [7, 11) is 0. The summed E-state index contributed by atoms with van der Waals surface area (Å²) in [6.45, 7) is 1.58. The number of hydrogen-bond donors (Lipinski definition) is 1. The second kappa shape index (κ2) is 3.82. The molecule has 0 radical (unpaired) electrons. The molecule has 0 saturated heterocycles. The van der Waals surface area contributed by atoms with Crippen molar-refractivity contribution in [1.29, 1.82) is 0 Å². The number of rotatable bonds is 1. The van der Waals surface area contributed by atoms with Crippen LogP contribution in [0.3, 0.4) is 0 Å². The van der Waals surface area contributed by atoms with Gasteiger partial charge in [0.2, 0.25) is 5.91 Å². The van der Waals surface area contributed by atoms with Gasteiger partial charge in [-0.15, -0.1) is 0 Å². The fourth-order valence-corrected chi connectivity index (χ4v) is 2.15. The lowest BCUT2D eigenvalue weighted by molar-refractivity contribution is -0.119. The highest BCUT2D eigenvalue weighted by molar-refractivity contribution is 5.73. The average molecular weight is 189 g/mol. The molecule has 0 bridgehead atoms. The molecule has 2 rings (SSSR count). The van der Waals surface area contributed by atoms with Gasteiger partial charge in [-0.2, -0.15) is 0 Å². The quantitative estimate of drug-likeness (QED) is 0.721. The summed E-state index contributed by atoms with van der Waals surface area (Å²) in [5.74, 6) is 0.0618. The van der Waals surface area contributed by atoms with Crippen molar-refractivity contribution in [3.8, 4) is 0 Å². The Kier molecular flexibility index (Phi) is 2.53. The molecule has 2 heteroatoms. The van der Waals surface area contributed by atoms with E-state index in [1.54, 1.807) is 6.92 Å². The van der Waals surface area contributed by atoms with Crippen molar-refractivity contribution in [3.05, 3.63) is 35.4 Å². The maximum absolute atomic E-state index is 11.0. The Balaban J connectivity index is 2.26. The number of carbonyl (C=O) groups excluding carboxylic acids is 1. The van der Waals surface area contributed by atoms with Gasteiger partial charge in [0.15, 0.2) is 0 Å². The summed E-state index contributed by atoms with van der Waals surface area (Å²) < 4.78 is 0. The van der Waals surface area contributed by atoms with Gasteiger partial charge in [-0.25, -0.2) is 0 Å². The van der Waals surface area contributed by atoms with Gasteiger partial charge in [0.25, 0.3) is 0 Å². The molecular formula is C12H15NO. The fraction of sp³-hybridized carbons (Fsp3) is 0.417. The minimum absolute atomic E-state index is 0.0618. The number of nitrogens with one attached hydrogen (secondary N) is 1. The molecule has 0 heterocycles. The van der Waals surface area contributed by atoms with Crippen molar-refractivity contribution in [1.82, 2.24) is 5.32 Å². The molecule has 1 aromatic rings. The molecule has 74 valence electrons. The van der Waals surface area contributed by atoms with Crippen molar-refractivity contribution in [3.63, 3.8) is 0 Å². The largest absolute Gasteiger partial charge is 0.350 e. The number of carbonyl (C=O) groups is 1. The number of benzene rings is 1. The molecule has 1 amide bonds. The van der Waals surface area contributed by atoms with Crippen molar-refractivity contribution in [2.45, 2.75) is 32.2 Å². The third-order valence-electron chi connectivity index (χ3n) is 2.75. The van der Waals surface area contributed by atoms with Crippen LogP contribution >= 0.6 is 0 Å². The van der Waals surface area contributed by atoms with E-state index < -0.39 is 0 Å². The second-order valence-corrected chi connectivity index (χ2v) is 3.84. The summed E-state index contributed by atoms with van der Waals surface area (Å²) in [5, 5.41) is 3.00. The number of fused-ring (bicyclic) bond motifs is 1. The predicted molar refractivity (Wildman–Crippen MR) is 55.9 cm³/mol. The number of hydrogen-bond acceptors (Lipinski definition) is 1. The number of amides is 1. The maximum atomic E-state index is 11.0. The molecule has 0 fully saturated rings. The van der Waals surface area contributed by atoms with Crippen LogP contribution in [0.15, 0.2) is 24.3 Å². The van der Waals surface area contributed by atoms with E-state index in [0.717, 1.165) is 12.8 Å². The molecule has 0 aliphatic heterocycles. The van der Waals surface area contributed by atoms with E-state index in [9.17, 15) is 4.79 Å². The van der Waals surface area contributed by atoms with Gasteiger partial charge in [-0.3, -0.25) is 4.79 Å². The Morgan fingerprint density at radius 3 is 3.00 bits per heavy atom. The summed E-state index contributed by atoms with van der Waals surface area (Å²) in [4.78, 5) is 11.0. The summed E-state index contributed by atoms with van der Waals surface area (Å²) >= 11 is 0. The van der Waals surface area contributed by atoms with Crippen LogP contribution in [-0.2, 0) is 11.2 Å². The first kappa shape index (κ1) is 9.25. The topological polar surface area (TPSA) is 29.1 Å². The van der Waals surface area contributed by atoms with Crippen LogP contribution in [0, 0.1) is 0 Å². The third kappa shape index (κ3) is 1.79. The van der Waals surface area contributed by atoms with Gasteiger partial charge in [0.1, 0.15) is 0 Å². The molecular weight excluding hydrogens is 174 g/mol. The highest BCUT2D eigenvalue weighted by Crippen LogP contribution is 2.29. The van der Waals surface area contributed by atoms with Crippen LogP contribution < -0.4 is 5.32 Å². The summed E-state index contributed by atoms with van der Waals surface area (Å²) in [6, 6.07) is 8.62. The van der Waals surface area contributed by atoms with Crippen LogP contribution in [0.4, 0.5) is 0 Å². The van der Waals surface area contributed by atoms with Crippen molar-refractivity contribution < 1.29 is 4.79 Å². The molecule has 1 aliphatic rings. The molecule has 0 saturated carbocycles. The van der Waals surface area contributed by atoms with Gasteiger partial charge in [-0.1, -0.05) is 24.3 Å². The highest BCUT2D eigenvalue weighted by Gasteiger charge is 2.19. The Bertz CT molecular complexity index is 346. The normalized spacial score (nSPS) is 19.9. The molecule has 0 spiro atoms. The Morgan fingerprint density at radius 2 is 2.21 bits per heavy atom. The van der Waals surface area contributed by atoms with E-state index in [1.807, 2.05) is 6.07 Å². The first-order valence-corrected chi connectivity index (χ1v) is 5.12. The van der Waals surface area contributed by atoms with E-state index in [4.69, 9.17) is 0 Å². The lowest BCUT2D eigenvalue weighted by Gasteiger charge is -2.25. The van der Waals surface area contributed by atoms with Crippen LogP contribution in [-0.4, -0.2) is 5.91 Å². The standard InChI is InChI=1S/C12H15NO/c1-9(14)13-12-8-4-6-10-5-2-3-7-11(10)12/h2-3,5,7,12H,4,6,8H2,1H3,(H,13,14)/t12-/m1/s1. The van der Waals surface area contributed by atoms with Crippen LogP contribution in [0.5, 0.6) is 0 Å². The number of aryl methyl sites for hydroxylation is 1. The molecule has 14 heavy (non-hydrogen) atoms. The molecule has 2 nitrogen and oxygen atoms in total.